The predicted octanol–water partition coefficient (Wildman–Crippen LogP) is 4.18. The minimum Gasteiger partial charge on any atom is -0.351 e. The van der Waals surface area contributed by atoms with Crippen LogP contribution in [0.3, 0.4) is 0 Å². The van der Waals surface area contributed by atoms with Crippen LogP contribution < -0.4 is 5.32 Å². The summed E-state index contributed by atoms with van der Waals surface area (Å²) in [5.74, 6) is -0.650. The lowest BCUT2D eigenvalue weighted by molar-refractivity contribution is -0.143. The van der Waals surface area contributed by atoms with Crippen LogP contribution in [0.2, 0.25) is 5.02 Å². The van der Waals surface area contributed by atoms with Crippen molar-refractivity contribution in [3.8, 4) is 11.3 Å². The second-order valence-corrected chi connectivity index (χ2v) is 8.13. The van der Waals surface area contributed by atoms with E-state index in [4.69, 9.17) is 11.6 Å². The fourth-order valence-corrected chi connectivity index (χ4v) is 4.39. The van der Waals surface area contributed by atoms with Gasteiger partial charge in [0, 0.05) is 36.6 Å². The summed E-state index contributed by atoms with van der Waals surface area (Å²) in [6.45, 7) is 0.926. The highest BCUT2D eigenvalue weighted by Gasteiger charge is 2.41. The molecule has 0 bridgehead atoms. The predicted molar refractivity (Wildman–Crippen MR) is 115 cm³/mol. The number of nitrogens with zero attached hydrogens (tertiary/aromatic N) is 5. The maximum Gasteiger partial charge on any atom is 0.433 e. The number of aryl methyl sites for hydroxylation is 2. The molecule has 0 aliphatic heterocycles. The summed E-state index contributed by atoms with van der Waals surface area (Å²) in [5.41, 5.74) is 0.413. The first kappa shape index (κ1) is 21.4. The number of amides is 1. The molecule has 0 fully saturated rings. The second-order valence-electron chi connectivity index (χ2n) is 7.75. The van der Waals surface area contributed by atoms with E-state index in [1.165, 1.54) is 0 Å². The number of halogens is 4. The minimum absolute atomic E-state index is 0.0557. The van der Waals surface area contributed by atoms with Crippen molar-refractivity contribution in [1.82, 2.24) is 29.5 Å². The van der Waals surface area contributed by atoms with Gasteiger partial charge in [0.2, 0.25) is 0 Å². The monoisotopic (exact) mass is 474 g/mol. The SMILES string of the molecule is O=C(NCCCn1ccnc1)c1nn2c(C(F)(F)F)c3c(nc2c1Cl)-c1ccccc1CC3. The van der Waals surface area contributed by atoms with E-state index >= 15 is 0 Å². The molecule has 1 aromatic carbocycles. The van der Waals surface area contributed by atoms with Crippen molar-refractivity contribution in [3.05, 3.63) is 70.5 Å². The number of rotatable bonds is 5. The van der Waals surface area contributed by atoms with E-state index in [1.807, 2.05) is 16.7 Å². The lowest BCUT2D eigenvalue weighted by Gasteiger charge is -2.23. The lowest BCUT2D eigenvalue weighted by atomic mass is 9.88. The molecule has 3 aromatic heterocycles. The molecule has 1 aliphatic rings. The highest BCUT2D eigenvalue weighted by Crippen LogP contribution is 2.41. The number of benzene rings is 1. The number of fused-ring (bicyclic) bond motifs is 4. The van der Waals surface area contributed by atoms with Crippen LogP contribution in [0.4, 0.5) is 13.2 Å². The molecule has 33 heavy (non-hydrogen) atoms. The molecule has 0 radical (unpaired) electrons. The van der Waals surface area contributed by atoms with E-state index in [0.717, 1.165) is 5.56 Å². The average Bonchev–Trinajstić information content (AvgIpc) is 3.42. The normalized spacial score (nSPS) is 13.1. The van der Waals surface area contributed by atoms with Gasteiger partial charge in [-0.05, 0) is 24.8 Å². The molecule has 170 valence electrons. The number of imidazole rings is 1. The number of carbonyl (C=O) groups is 1. The first-order valence-corrected chi connectivity index (χ1v) is 10.7. The van der Waals surface area contributed by atoms with Gasteiger partial charge in [-0.2, -0.15) is 18.3 Å². The quantitative estimate of drug-likeness (QED) is 0.440. The number of nitrogens with one attached hydrogen (secondary N) is 1. The summed E-state index contributed by atoms with van der Waals surface area (Å²) in [5, 5.41) is 6.40. The molecule has 11 heteroatoms. The molecule has 4 aromatic rings. The summed E-state index contributed by atoms with van der Waals surface area (Å²) in [6.07, 6.45) is 1.63. The number of carbonyl (C=O) groups excluding carboxylic acids is 1. The van der Waals surface area contributed by atoms with Crippen LogP contribution in [0.1, 0.15) is 33.7 Å². The van der Waals surface area contributed by atoms with E-state index in [0.29, 0.717) is 36.0 Å². The van der Waals surface area contributed by atoms with Crippen molar-refractivity contribution in [3.63, 3.8) is 0 Å². The van der Waals surface area contributed by atoms with Gasteiger partial charge < -0.3 is 9.88 Å². The Bertz CT molecular complexity index is 1350. The number of aromatic nitrogens is 5. The molecule has 0 unspecified atom stereocenters. The highest BCUT2D eigenvalue weighted by molar-refractivity contribution is 6.36. The molecule has 1 aliphatic carbocycles. The van der Waals surface area contributed by atoms with E-state index in [9.17, 15) is 18.0 Å². The second kappa shape index (κ2) is 8.18. The number of hydrogen-bond donors (Lipinski definition) is 1. The van der Waals surface area contributed by atoms with Gasteiger partial charge in [0.1, 0.15) is 5.02 Å². The van der Waals surface area contributed by atoms with Gasteiger partial charge in [0.05, 0.1) is 12.0 Å². The van der Waals surface area contributed by atoms with Gasteiger partial charge in [0.25, 0.3) is 5.91 Å². The maximum absolute atomic E-state index is 14.2. The summed E-state index contributed by atoms with van der Waals surface area (Å²) < 4.78 is 45.0. The molecule has 1 amide bonds. The Labute approximate surface area is 191 Å². The Morgan fingerprint density at radius 3 is 2.79 bits per heavy atom. The number of hydrogen-bond acceptors (Lipinski definition) is 4. The van der Waals surface area contributed by atoms with Crippen LogP contribution >= 0.6 is 11.6 Å². The summed E-state index contributed by atoms with van der Waals surface area (Å²) in [4.78, 5) is 21.1. The molecule has 0 saturated heterocycles. The third kappa shape index (κ3) is 3.84. The van der Waals surface area contributed by atoms with Gasteiger partial charge in [-0.3, -0.25) is 4.79 Å². The molecule has 3 heterocycles. The van der Waals surface area contributed by atoms with Gasteiger partial charge in [-0.1, -0.05) is 35.9 Å². The molecule has 0 saturated carbocycles. The third-order valence-electron chi connectivity index (χ3n) is 5.64. The molecule has 0 atom stereocenters. The van der Waals surface area contributed by atoms with Crippen molar-refractivity contribution < 1.29 is 18.0 Å². The zero-order valence-electron chi connectivity index (χ0n) is 17.2. The van der Waals surface area contributed by atoms with Crippen LogP contribution in [-0.4, -0.2) is 36.6 Å². The standard InChI is InChI=1S/C22H18ClF3N6O/c23-16-18(21(33)28-8-3-10-31-11-9-27-12-31)30-32-19(22(24,25)26)15-7-6-13-4-1-2-5-14(13)17(15)29-20(16)32/h1-2,4-5,9,11-12H,3,6-8,10H2,(H,28,33). The minimum atomic E-state index is -4.70. The van der Waals surface area contributed by atoms with Crippen molar-refractivity contribution in [2.45, 2.75) is 32.0 Å². The van der Waals surface area contributed by atoms with Crippen LogP contribution in [0.15, 0.2) is 43.0 Å². The fourth-order valence-electron chi connectivity index (χ4n) is 4.15. The Balaban J connectivity index is 1.52. The van der Waals surface area contributed by atoms with Crippen molar-refractivity contribution in [1.29, 1.82) is 0 Å². The average molecular weight is 475 g/mol. The summed E-state index contributed by atoms with van der Waals surface area (Å²) in [7, 11) is 0. The van der Waals surface area contributed by atoms with Crippen molar-refractivity contribution in [2.75, 3.05) is 6.54 Å². The van der Waals surface area contributed by atoms with Gasteiger partial charge in [0.15, 0.2) is 17.0 Å². The molecular formula is C22H18ClF3N6O. The third-order valence-corrected chi connectivity index (χ3v) is 5.99. The maximum atomic E-state index is 14.2. The zero-order valence-corrected chi connectivity index (χ0v) is 18.0. The summed E-state index contributed by atoms with van der Waals surface area (Å²) >= 11 is 6.35. The summed E-state index contributed by atoms with van der Waals surface area (Å²) in [6, 6.07) is 7.22. The Kier molecular flexibility index (Phi) is 5.32. The van der Waals surface area contributed by atoms with Gasteiger partial charge in [-0.25, -0.2) is 14.5 Å². The van der Waals surface area contributed by atoms with Gasteiger partial charge in [-0.15, -0.1) is 0 Å². The van der Waals surface area contributed by atoms with Crippen LogP contribution in [-0.2, 0) is 25.6 Å². The van der Waals surface area contributed by atoms with E-state index in [1.54, 1.807) is 30.9 Å². The molecule has 0 spiro atoms. The Morgan fingerprint density at radius 2 is 2.03 bits per heavy atom. The number of alkyl halides is 3. The van der Waals surface area contributed by atoms with Gasteiger partial charge >= 0.3 is 6.18 Å². The van der Waals surface area contributed by atoms with Crippen molar-refractivity contribution >= 4 is 23.2 Å². The zero-order chi connectivity index (χ0) is 23.2. The van der Waals surface area contributed by atoms with Crippen molar-refractivity contribution in [2.24, 2.45) is 0 Å². The molecule has 1 N–H and O–H groups in total. The topological polar surface area (TPSA) is 77.1 Å². The largest absolute Gasteiger partial charge is 0.433 e. The van der Waals surface area contributed by atoms with E-state index in [-0.39, 0.29) is 34.0 Å². The Hall–Kier alpha value is -3.40. The van der Waals surface area contributed by atoms with E-state index < -0.39 is 17.8 Å². The van der Waals surface area contributed by atoms with Crippen LogP contribution in [0.25, 0.3) is 16.9 Å². The first-order valence-electron chi connectivity index (χ1n) is 10.3. The first-order chi connectivity index (χ1) is 15.8. The smallest absolute Gasteiger partial charge is 0.351 e. The fraction of sp³-hybridized carbons (Fsp3) is 0.273. The molecule has 5 rings (SSSR count). The Morgan fingerprint density at radius 1 is 1.21 bits per heavy atom. The van der Waals surface area contributed by atoms with Crippen LogP contribution in [0, 0.1) is 0 Å². The van der Waals surface area contributed by atoms with E-state index in [2.05, 4.69) is 20.4 Å². The van der Waals surface area contributed by atoms with Crippen LogP contribution in [0.5, 0.6) is 0 Å². The molecular weight excluding hydrogens is 457 g/mol. The molecule has 7 nitrogen and oxygen atoms in total. The highest BCUT2D eigenvalue weighted by atomic mass is 35.5. The lowest BCUT2D eigenvalue weighted by Crippen LogP contribution is -2.26.